The number of nitrogen functional groups attached to an aromatic ring is 1. The van der Waals surface area contributed by atoms with E-state index in [4.69, 9.17) is 10.5 Å². The van der Waals surface area contributed by atoms with Gasteiger partial charge in [0.25, 0.3) is 0 Å². The van der Waals surface area contributed by atoms with Crippen molar-refractivity contribution < 1.29 is 9.84 Å². The van der Waals surface area contributed by atoms with Crippen LogP contribution in [0.15, 0.2) is 30.3 Å². The van der Waals surface area contributed by atoms with Crippen LogP contribution in [0.4, 0.5) is 5.82 Å². The molecule has 0 amide bonds. The number of aryl methyl sites for hydroxylation is 1. The first-order chi connectivity index (χ1) is 12.6. The molecule has 0 bridgehead atoms. The zero-order valence-electron chi connectivity index (χ0n) is 15.7. The third-order valence-electron chi connectivity index (χ3n) is 5.20. The number of anilines is 1. The van der Waals surface area contributed by atoms with Crippen molar-refractivity contribution in [1.29, 1.82) is 0 Å². The number of piperidine rings is 1. The van der Waals surface area contributed by atoms with Gasteiger partial charge in [-0.2, -0.15) is 0 Å². The number of hydrogen-bond donors (Lipinski definition) is 2. The maximum absolute atomic E-state index is 9.48. The molecule has 1 atom stereocenters. The summed E-state index contributed by atoms with van der Waals surface area (Å²) in [4.78, 5) is 6.89. The fourth-order valence-electron chi connectivity index (χ4n) is 3.80. The van der Waals surface area contributed by atoms with Crippen LogP contribution in [0.1, 0.15) is 30.9 Å². The van der Waals surface area contributed by atoms with Gasteiger partial charge < -0.3 is 15.6 Å². The van der Waals surface area contributed by atoms with Crippen molar-refractivity contribution in [2.45, 2.75) is 32.7 Å². The van der Waals surface area contributed by atoms with Gasteiger partial charge >= 0.3 is 0 Å². The van der Waals surface area contributed by atoms with Gasteiger partial charge in [0.05, 0.1) is 12.8 Å². The van der Waals surface area contributed by atoms with Crippen molar-refractivity contribution in [3.8, 4) is 17.0 Å². The van der Waals surface area contributed by atoms with E-state index in [9.17, 15) is 5.11 Å². The molecule has 0 saturated carbocycles. The topological polar surface area (TPSA) is 71.6 Å². The summed E-state index contributed by atoms with van der Waals surface area (Å²) < 4.78 is 5.67. The SMILES string of the molecule is CCc1cc(-c2cccc(N)n2)c(OC)cc1CN1CCCC(CO)C1. The lowest BCUT2D eigenvalue weighted by atomic mass is 9.95. The first kappa shape index (κ1) is 18.7. The Balaban J connectivity index is 1.91. The van der Waals surface area contributed by atoms with E-state index >= 15 is 0 Å². The molecule has 140 valence electrons. The minimum absolute atomic E-state index is 0.278. The van der Waals surface area contributed by atoms with Crippen molar-refractivity contribution in [2.24, 2.45) is 5.92 Å². The Morgan fingerprint density at radius 1 is 1.31 bits per heavy atom. The Morgan fingerprint density at radius 3 is 2.85 bits per heavy atom. The summed E-state index contributed by atoms with van der Waals surface area (Å²) >= 11 is 0. The van der Waals surface area contributed by atoms with Gasteiger partial charge in [0.15, 0.2) is 0 Å². The summed E-state index contributed by atoms with van der Waals surface area (Å²) in [6, 6.07) is 9.99. The number of pyridine rings is 1. The summed E-state index contributed by atoms with van der Waals surface area (Å²) in [6.07, 6.45) is 3.22. The summed E-state index contributed by atoms with van der Waals surface area (Å²) in [5.41, 5.74) is 10.3. The number of ether oxygens (including phenoxy) is 1. The first-order valence-corrected chi connectivity index (χ1v) is 9.40. The zero-order chi connectivity index (χ0) is 18.5. The van der Waals surface area contributed by atoms with E-state index in [1.54, 1.807) is 13.2 Å². The average Bonchev–Trinajstić information content (AvgIpc) is 2.67. The highest BCUT2D eigenvalue weighted by Crippen LogP contribution is 2.33. The lowest BCUT2D eigenvalue weighted by Gasteiger charge is -2.32. The van der Waals surface area contributed by atoms with Crippen LogP contribution in [-0.4, -0.2) is 41.8 Å². The number of aliphatic hydroxyl groups is 1. The molecule has 1 unspecified atom stereocenters. The lowest BCUT2D eigenvalue weighted by Crippen LogP contribution is -2.36. The molecule has 5 nitrogen and oxygen atoms in total. The normalized spacial score (nSPS) is 18.0. The highest BCUT2D eigenvalue weighted by molar-refractivity contribution is 5.70. The molecule has 2 aromatic rings. The second-order valence-electron chi connectivity index (χ2n) is 7.05. The van der Waals surface area contributed by atoms with Gasteiger partial charge in [-0.15, -0.1) is 0 Å². The van der Waals surface area contributed by atoms with Gasteiger partial charge in [0.2, 0.25) is 0 Å². The molecule has 0 radical (unpaired) electrons. The highest BCUT2D eigenvalue weighted by atomic mass is 16.5. The lowest BCUT2D eigenvalue weighted by molar-refractivity contribution is 0.115. The number of methoxy groups -OCH3 is 1. The van der Waals surface area contributed by atoms with E-state index < -0.39 is 0 Å². The molecule has 1 aromatic carbocycles. The van der Waals surface area contributed by atoms with E-state index in [1.807, 2.05) is 12.1 Å². The number of hydrogen-bond acceptors (Lipinski definition) is 5. The third-order valence-corrected chi connectivity index (χ3v) is 5.20. The van der Waals surface area contributed by atoms with E-state index in [-0.39, 0.29) is 6.61 Å². The van der Waals surface area contributed by atoms with E-state index in [2.05, 4.69) is 28.9 Å². The molecule has 3 rings (SSSR count). The molecule has 5 heteroatoms. The van der Waals surface area contributed by atoms with Crippen LogP contribution in [0.2, 0.25) is 0 Å². The number of aliphatic hydroxyl groups excluding tert-OH is 1. The molecule has 1 fully saturated rings. The van der Waals surface area contributed by atoms with Crippen LogP contribution in [0.25, 0.3) is 11.3 Å². The quantitative estimate of drug-likeness (QED) is 0.833. The monoisotopic (exact) mass is 355 g/mol. The number of likely N-dealkylation sites (tertiary alicyclic amines) is 1. The molecule has 1 aromatic heterocycles. The molecule has 0 spiro atoms. The Labute approximate surface area is 155 Å². The molecule has 2 heterocycles. The van der Waals surface area contributed by atoms with Crippen molar-refractivity contribution in [1.82, 2.24) is 9.88 Å². The highest BCUT2D eigenvalue weighted by Gasteiger charge is 2.21. The molecule has 1 saturated heterocycles. The minimum Gasteiger partial charge on any atom is -0.496 e. The van der Waals surface area contributed by atoms with Crippen molar-refractivity contribution in [3.05, 3.63) is 41.5 Å². The van der Waals surface area contributed by atoms with Crippen LogP contribution in [0.3, 0.4) is 0 Å². The van der Waals surface area contributed by atoms with Gasteiger partial charge in [-0.3, -0.25) is 4.90 Å². The standard InChI is InChI=1S/C21H29N3O2/c1-3-16-10-18(19-7-4-8-21(22)23-19)20(26-2)11-17(16)13-24-9-5-6-15(12-24)14-25/h4,7-8,10-11,15,25H,3,5-6,9,12-14H2,1-2H3,(H2,22,23). The van der Waals surface area contributed by atoms with Crippen molar-refractivity contribution >= 4 is 5.82 Å². The Kier molecular flexibility index (Phi) is 6.12. The largest absolute Gasteiger partial charge is 0.496 e. The van der Waals surface area contributed by atoms with Crippen molar-refractivity contribution in [2.75, 3.05) is 32.5 Å². The number of aromatic nitrogens is 1. The van der Waals surface area contributed by atoms with Crippen molar-refractivity contribution in [3.63, 3.8) is 0 Å². The number of nitrogens with zero attached hydrogens (tertiary/aromatic N) is 2. The summed E-state index contributed by atoms with van der Waals surface area (Å²) in [5, 5.41) is 9.48. The van der Waals surface area contributed by atoms with E-state index in [0.29, 0.717) is 11.7 Å². The predicted octanol–water partition coefficient (Wildman–Crippen LogP) is 3.11. The van der Waals surface area contributed by atoms with Gasteiger partial charge in [-0.25, -0.2) is 4.98 Å². The number of nitrogens with two attached hydrogens (primary N) is 1. The molecule has 0 aliphatic carbocycles. The van der Waals surface area contributed by atoms with Crippen LogP contribution >= 0.6 is 0 Å². The second-order valence-corrected chi connectivity index (χ2v) is 7.05. The van der Waals surface area contributed by atoms with Gasteiger partial charge in [-0.1, -0.05) is 13.0 Å². The fourth-order valence-corrected chi connectivity index (χ4v) is 3.80. The third kappa shape index (κ3) is 4.17. The minimum atomic E-state index is 0.278. The Hall–Kier alpha value is -2.11. The second kappa shape index (κ2) is 8.52. The van der Waals surface area contributed by atoms with E-state index in [1.165, 1.54) is 11.1 Å². The number of rotatable bonds is 6. The van der Waals surface area contributed by atoms with Gasteiger partial charge in [0, 0.05) is 25.3 Å². The molecule has 26 heavy (non-hydrogen) atoms. The van der Waals surface area contributed by atoms with Gasteiger partial charge in [-0.05, 0) is 67.1 Å². The smallest absolute Gasteiger partial charge is 0.128 e. The summed E-state index contributed by atoms with van der Waals surface area (Å²) in [5.74, 6) is 1.73. The fraction of sp³-hybridized carbons (Fsp3) is 0.476. The summed E-state index contributed by atoms with van der Waals surface area (Å²) in [7, 11) is 1.70. The Bertz CT molecular complexity index is 748. The molecule has 3 N–H and O–H groups in total. The van der Waals surface area contributed by atoms with Gasteiger partial charge in [0.1, 0.15) is 11.6 Å². The Morgan fingerprint density at radius 2 is 2.15 bits per heavy atom. The molecule has 1 aliphatic rings. The average molecular weight is 355 g/mol. The first-order valence-electron chi connectivity index (χ1n) is 9.40. The van der Waals surface area contributed by atoms with Crippen LogP contribution in [-0.2, 0) is 13.0 Å². The van der Waals surface area contributed by atoms with Crippen LogP contribution in [0.5, 0.6) is 5.75 Å². The molecule has 1 aliphatic heterocycles. The maximum Gasteiger partial charge on any atom is 0.128 e. The zero-order valence-corrected chi connectivity index (χ0v) is 15.7. The maximum atomic E-state index is 9.48. The molecular weight excluding hydrogens is 326 g/mol. The predicted molar refractivity (Wildman–Crippen MR) is 105 cm³/mol. The molecular formula is C21H29N3O2. The number of benzene rings is 1. The summed E-state index contributed by atoms with van der Waals surface area (Å²) in [6.45, 7) is 5.39. The van der Waals surface area contributed by atoms with Crippen LogP contribution in [0, 0.1) is 5.92 Å². The van der Waals surface area contributed by atoms with E-state index in [0.717, 1.165) is 55.9 Å². The van der Waals surface area contributed by atoms with Crippen LogP contribution < -0.4 is 10.5 Å².